The Kier molecular flexibility index (Phi) is 4.86. The lowest BCUT2D eigenvalue weighted by Gasteiger charge is -2.35. The number of aromatic nitrogens is 3. The van der Waals surface area contributed by atoms with E-state index in [0.29, 0.717) is 19.8 Å². The molecular formula is C16H18F3N5O2. The number of amides is 2. The van der Waals surface area contributed by atoms with E-state index in [1.165, 1.54) is 6.07 Å². The zero-order valence-electron chi connectivity index (χ0n) is 14.2. The quantitative estimate of drug-likeness (QED) is 0.852. The fourth-order valence-corrected chi connectivity index (χ4v) is 2.97. The summed E-state index contributed by atoms with van der Waals surface area (Å²) in [6, 6.07) is 1.25. The van der Waals surface area contributed by atoms with Crippen LogP contribution in [0.3, 0.4) is 0 Å². The number of carbonyl (C=O) groups is 1. The Hall–Kier alpha value is -2.62. The number of H-pyrrole nitrogens is 1. The normalized spacial score (nSPS) is 18.0. The van der Waals surface area contributed by atoms with Crippen LogP contribution in [0.4, 0.5) is 23.7 Å². The Morgan fingerprint density at radius 2 is 2.15 bits per heavy atom. The summed E-state index contributed by atoms with van der Waals surface area (Å²) in [7, 11) is 0. The molecule has 1 aliphatic heterocycles. The molecule has 2 aromatic heterocycles. The Morgan fingerprint density at radius 3 is 2.73 bits per heavy atom. The molecule has 0 saturated carbocycles. The molecule has 7 nitrogen and oxygen atoms in total. The minimum atomic E-state index is -4.52. The average Bonchev–Trinajstić information content (AvgIpc) is 2.93. The third kappa shape index (κ3) is 3.64. The van der Waals surface area contributed by atoms with Gasteiger partial charge in [-0.3, -0.25) is 5.10 Å². The summed E-state index contributed by atoms with van der Waals surface area (Å²) < 4.78 is 43.2. The van der Waals surface area contributed by atoms with E-state index in [1.54, 1.807) is 4.90 Å². The summed E-state index contributed by atoms with van der Waals surface area (Å²) in [5, 5.41) is 9.62. The largest absolute Gasteiger partial charge is 0.433 e. The van der Waals surface area contributed by atoms with Crippen molar-refractivity contribution in [3.63, 3.8) is 0 Å². The number of ether oxygens (including phenoxy) is 1. The Balaban J connectivity index is 1.77. The van der Waals surface area contributed by atoms with Crippen molar-refractivity contribution in [2.75, 3.05) is 25.1 Å². The number of hydrogen-bond donors (Lipinski definition) is 2. The van der Waals surface area contributed by atoms with Gasteiger partial charge in [0.15, 0.2) is 0 Å². The Bertz CT molecular complexity index is 769. The van der Waals surface area contributed by atoms with Crippen molar-refractivity contribution >= 4 is 11.7 Å². The maximum Gasteiger partial charge on any atom is 0.433 e. The van der Waals surface area contributed by atoms with Gasteiger partial charge in [0.25, 0.3) is 0 Å². The molecule has 0 spiro atoms. The number of halogens is 3. The SMILES string of the molecule is Cc1n[nH]c(C)c1C1COCCN1C(=O)Nc1ccc(C(F)(F)F)nc1. The topological polar surface area (TPSA) is 83.1 Å². The van der Waals surface area contributed by atoms with Gasteiger partial charge in [0.05, 0.1) is 36.8 Å². The average molecular weight is 369 g/mol. The molecule has 1 unspecified atom stereocenters. The van der Waals surface area contributed by atoms with Gasteiger partial charge in [0.1, 0.15) is 5.69 Å². The van der Waals surface area contributed by atoms with Crippen molar-refractivity contribution in [3.05, 3.63) is 41.0 Å². The minimum Gasteiger partial charge on any atom is -0.377 e. The van der Waals surface area contributed by atoms with E-state index in [-0.39, 0.29) is 11.7 Å². The molecule has 2 aromatic rings. The third-order valence-electron chi connectivity index (χ3n) is 4.21. The highest BCUT2D eigenvalue weighted by molar-refractivity contribution is 5.89. The van der Waals surface area contributed by atoms with Crippen LogP contribution in [0, 0.1) is 13.8 Å². The summed E-state index contributed by atoms with van der Waals surface area (Å²) in [5.41, 5.74) is 1.67. The second-order valence-corrected chi connectivity index (χ2v) is 5.99. The first-order chi connectivity index (χ1) is 12.3. The van der Waals surface area contributed by atoms with E-state index in [0.717, 1.165) is 29.2 Å². The molecule has 26 heavy (non-hydrogen) atoms. The number of morpholine rings is 1. The number of nitrogens with one attached hydrogen (secondary N) is 2. The van der Waals surface area contributed by atoms with Crippen molar-refractivity contribution in [3.8, 4) is 0 Å². The number of nitrogens with zero attached hydrogens (tertiary/aromatic N) is 3. The molecular weight excluding hydrogens is 351 g/mol. The maximum absolute atomic E-state index is 12.7. The first kappa shape index (κ1) is 18.2. The zero-order valence-corrected chi connectivity index (χ0v) is 14.2. The highest BCUT2D eigenvalue weighted by Gasteiger charge is 2.33. The van der Waals surface area contributed by atoms with Gasteiger partial charge in [-0.05, 0) is 26.0 Å². The lowest BCUT2D eigenvalue weighted by molar-refractivity contribution is -0.141. The van der Waals surface area contributed by atoms with Crippen LogP contribution in [0.2, 0.25) is 0 Å². The highest BCUT2D eigenvalue weighted by atomic mass is 19.4. The van der Waals surface area contributed by atoms with Crippen LogP contribution in [-0.2, 0) is 10.9 Å². The van der Waals surface area contributed by atoms with Crippen LogP contribution in [-0.4, -0.2) is 45.9 Å². The van der Waals surface area contributed by atoms with E-state index >= 15 is 0 Å². The van der Waals surface area contributed by atoms with Crippen LogP contribution >= 0.6 is 0 Å². The van der Waals surface area contributed by atoms with E-state index in [2.05, 4.69) is 20.5 Å². The summed E-state index contributed by atoms with van der Waals surface area (Å²) in [4.78, 5) is 17.6. The van der Waals surface area contributed by atoms with Gasteiger partial charge in [0, 0.05) is 17.8 Å². The monoisotopic (exact) mass is 369 g/mol. The molecule has 10 heteroatoms. The number of aryl methyl sites for hydroxylation is 2. The van der Waals surface area contributed by atoms with Crippen molar-refractivity contribution < 1.29 is 22.7 Å². The van der Waals surface area contributed by atoms with Gasteiger partial charge in [-0.25, -0.2) is 9.78 Å². The number of aromatic amines is 1. The molecule has 2 N–H and O–H groups in total. The van der Waals surface area contributed by atoms with Gasteiger partial charge in [-0.2, -0.15) is 18.3 Å². The lowest BCUT2D eigenvalue weighted by atomic mass is 10.0. The fraction of sp³-hybridized carbons (Fsp3) is 0.438. The number of pyridine rings is 1. The smallest absolute Gasteiger partial charge is 0.377 e. The molecule has 140 valence electrons. The van der Waals surface area contributed by atoms with Crippen LogP contribution in [0.15, 0.2) is 18.3 Å². The molecule has 0 bridgehead atoms. The molecule has 0 aromatic carbocycles. The van der Waals surface area contributed by atoms with Crippen LogP contribution in [0.5, 0.6) is 0 Å². The lowest BCUT2D eigenvalue weighted by Crippen LogP contribution is -2.45. The molecule has 1 atom stereocenters. The molecule has 2 amide bonds. The molecule has 3 heterocycles. The van der Waals surface area contributed by atoms with Gasteiger partial charge >= 0.3 is 12.2 Å². The number of anilines is 1. The van der Waals surface area contributed by atoms with Crippen molar-refractivity contribution in [2.24, 2.45) is 0 Å². The zero-order chi connectivity index (χ0) is 18.9. The van der Waals surface area contributed by atoms with Crippen LogP contribution in [0.1, 0.15) is 28.7 Å². The molecule has 0 aliphatic carbocycles. The van der Waals surface area contributed by atoms with E-state index < -0.39 is 17.9 Å². The molecule has 1 fully saturated rings. The van der Waals surface area contributed by atoms with Crippen LogP contribution < -0.4 is 5.32 Å². The fourth-order valence-electron chi connectivity index (χ4n) is 2.97. The van der Waals surface area contributed by atoms with E-state index in [1.807, 2.05) is 13.8 Å². The Morgan fingerprint density at radius 1 is 1.38 bits per heavy atom. The standard InChI is InChI=1S/C16H18F3N5O2/c1-9-14(10(2)23-22-9)12-8-26-6-5-24(12)15(25)21-11-3-4-13(20-7-11)16(17,18)19/h3-4,7,12H,5-6,8H2,1-2H3,(H,21,25)(H,22,23). The van der Waals surface area contributed by atoms with Gasteiger partial charge < -0.3 is 15.0 Å². The second kappa shape index (κ2) is 6.94. The molecule has 1 saturated heterocycles. The predicted molar refractivity (Wildman–Crippen MR) is 86.6 cm³/mol. The summed E-state index contributed by atoms with van der Waals surface area (Å²) in [6.45, 7) is 4.75. The van der Waals surface area contributed by atoms with Gasteiger partial charge in [0.2, 0.25) is 0 Å². The number of urea groups is 1. The molecule has 0 radical (unpaired) electrons. The van der Waals surface area contributed by atoms with Crippen molar-refractivity contribution in [2.45, 2.75) is 26.1 Å². The summed E-state index contributed by atoms with van der Waals surface area (Å²) in [6.07, 6.45) is -3.53. The molecule has 3 rings (SSSR count). The first-order valence-electron chi connectivity index (χ1n) is 7.97. The predicted octanol–water partition coefficient (Wildman–Crippen LogP) is 3.05. The third-order valence-corrected chi connectivity index (χ3v) is 4.21. The van der Waals surface area contributed by atoms with E-state index in [9.17, 15) is 18.0 Å². The van der Waals surface area contributed by atoms with Crippen LogP contribution in [0.25, 0.3) is 0 Å². The van der Waals surface area contributed by atoms with Crippen molar-refractivity contribution in [1.82, 2.24) is 20.1 Å². The van der Waals surface area contributed by atoms with E-state index in [4.69, 9.17) is 4.74 Å². The number of alkyl halides is 3. The number of rotatable bonds is 2. The van der Waals surface area contributed by atoms with Crippen molar-refractivity contribution in [1.29, 1.82) is 0 Å². The maximum atomic E-state index is 12.7. The Labute approximate surface area is 147 Å². The van der Waals surface area contributed by atoms with Gasteiger partial charge in [-0.1, -0.05) is 0 Å². The first-order valence-corrected chi connectivity index (χ1v) is 7.97. The summed E-state index contributed by atoms with van der Waals surface area (Å²) >= 11 is 0. The minimum absolute atomic E-state index is 0.189. The number of carbonyl (C=O) groups excluding carboxylic acids is 1. The highest BCUT2D eigenvalue weighted by Crippen LogP contribution is 2.30. The van der Waals surface area contributed by atoms with Gasteiger partial charge in [-0.15, -0.1) is 0 Å². The second-order valence-electron chi connectivity index (χ2n) is 5.99. The number of hydrogen-bond acceptors (Lipinski definition) is 4. The molecule has 1 aliphatic rings. The summed E-state index contributed by atoms with van der Waals surface area (Å²) in [5.74, 6) is 0.